The van der Waals surface area contributed by atoms with Crippen molar-refractivity contribution in [2.24, 2.45) is 0 Å². The van der Waals surface area contributed by atoms with Crippen LogP contribution in [0.3, 0.4) is 0 Å². The van der Waals surface area contributed by atoms with Crippen molar-refractivity contribution in [3.05, 3.63) is 29.8 Å². The lowest BCUT2D eigenvalue weighted by molar-refractivity contribution is -0.128. The molecule has 1 saturated heterocycles. The van der Waals surface area contributed by atoms with E-state index >= 15 is 0 Å². The van der Waals surface area contributed by atoms with Crippen LogP contribution in [0.5, 0.6) is 5.75 Å². The molecule has 1 N–H and O–H groups in total. The SMILES string of the molecule is CCOCCCN1C(=O)CNC1c1cccc(OC)c1. The quantitative estimate of drug-likeness (QED) is 0.769. The third-order valence-electron chi connectivity index (χ3n) is 3.38. The van der Waals surface area contributed by atoms with Crippen LogP contribution in [0.4, 0.5) is 0 Å². The minimum Gasteiger partial charge on any atom is -0.497 e. The number of ether oxygens (including phenoxy) is 2. The van der Waals surface area contributed by atoms with Crippen molar-refractivity contribution < 1.29 is 14.3 Å². The molecule has 0 bridgehead atoms. The minimum absolute atomic E-state index is 0.0702. The Morgan fingerprint density at radius 3 is 3.05 bits per heavy atom. The van der Waals surface area contributed by atoms with E-state index in [9.17, 15) is 4.79 Å². The second-order valence-corrected chi connectivity index (χ2v) is 4.70. The molecule has 2 rings (SSSR count). The molecule has 1 aliphatic rings. The van der Waals surface area contributed by atoms with Gasteiger partial charge in [-0.3, -0.25) is 10.1 Å². The number of nitrogens with zero attached hydrogens (tertiary/aromatic N) is 1. The number of methoxy groups -OCH3 is 1. The lowest BCUT2D eigenvalue weighted by atomic mass is 10.1. The summed E-state index contributed by atoms with van der Waals surface area (Å²) >= 11 is 0. The standard InChI is InChI=1S/C15H22N2O3/c1-3-20-9-5-8-17-14(18)11-16-15(17)12-6-4-7-13(10-12)19-2/h4,6-7,10,15-16H,3,5,8-9,11H2,1-2H3. The lowest BCUT2D eigenvalue weighted by Crippen LogP contribution is -2.31. The predicted octanol–water partition coefficient (Wildman–Crippen LogP) is 1.55. The van der Waals surface area contributed by atoms with Gasteiger partial charge < -0.3 is 14.4 Å². The van der Waals surface area contributed by atoms with Crippen molar-refractivity contribution in [2.45, 2.75) is 19.5 Å². The molecule has 1 aliphatic heterocycles. The van der Waals surface area contributed by atoms with Crippen LogP contribution in [-0.2, 0) is 9.53 Å². The van der Waals surface area contributed by atoms with Crippen LogP contribution in [0.2, 0.25) is 0 Å². The molecule has 0 radical (unpaired) electrons. The Morgan fingerprint density at radius 1 is 1.45 bits per heavy atom. The average Bonchev–Trinajstić information content (AvgIpc) is 2.85. The zero-order chi connectivity index (χ0) is 14.4. The zero-order valence-corrected chi connectivity index (χ0v) is 12.1. The number of carbonyl (C=O) groups excluding carboxylic acids is 1. The van der Waals surface area contributed by atoms with Gasteiger partial charge in [-0.1, -0.05) is 12.1 Å². The van der Waals surface area contributed by atoms with Crippen LogP contribution in [0, 0.1) is 0 Å². The normalized spacial score (nSPS) is 18.6. The van der Waals surface area contributed by atoms with Gasteiger partial charge in [-0.2, -0.15) is 0 Å². The number of amides is 1. The maximum atomic E-state index is 12.0. The van der Waals surface area contributed by atoms with Crippen molar-refractivity contribution in [3.63, 3.8) is 0 Å². The molecule has 1 amide bonds. The van der Waals surface area contributed by atoms with Crippen molar-refractivity contribution in [3.8, 4) is 5.75 Å². The Morgan fingerprint density at radius 2 is 2.30 bits per heavy atom. The second kappa shape index (κ2) is 7.26. The highest BCUT2D eigenvalue weighted by Crippen LogP contribution is 2.25. The highest BCUT2D eigenvalue weighted by molar-refractivity contribution is 5.80. The molecule has 5 heteroatoms. The van der Waals surface area contributed by atoms with E-state index in [1.54, 1.807) is 7.11 Å². The van der Waals surface area contributed by atoms with Gasteiger partial charge in [0.15, 0.2) is 0 Å². The Kier molecular flexibility index (Phi) is 5.38. The largest absolute Gasteiger partial charge is 0.497 e. The summed E-state index contributed by atoms with van der Waals surface area (Å²) in [6.45, 7) is 4.46. The summed E-state index contributed by atoms with van der Waals surface area (Å²) in [5, 5.41) is 3.24. The van der Waals surface area contributed by atoms with Gasteiger partial charge in [0, 0.05) is 19.8 Å². The van der Waals surface area contributed by atoms with E-state index in [0.29, 0.717) is 26.3 Å². The van der Waals surface area contributed by atoms with E-state index < -0.39 is 0 Å². The number of benzene rings is 1. The van der Waals surface area contributed by atoms with Gasteiger partial charge in [0.2, 0.25) is 5.91 Å². The van der Waals surface area contributed by atoms with E-state index in [2.05, 4.69) is 5.32 Å². The number of hydrogen-bond acceptors (Lipinski definition) is 4. The third kappa shape index (κ3) is 3.49. The van der Waals surface area contributed by atoms with Crippen LogP contribution < -0.4 is 10.1 Å². The van der Waals surface area contributed by atoms with Crippen LogP contribution in [0.25, 0.3) is 0 Å². The maximum Gasteiger partial charge on any atom is 0.238 e. The first-order valence-electron chi connectivity index (χ1n) is 7.00. The zero-order valence-electron chi connectivity index (χ0n) is 12.1. The molecule has 1 heterocycles. The molecule has 20 heavy (non-hydrogen) atoms. The summed E-state index contributed by atoms with van der Waals surface area (Å²) in [5.74, 6) is 0.937. The molecular formula is C15H22N2O3. The van der Waals surface area contributed by atoms with E-state index in [1.165, 1.54) is 0 Å². The van der Waals surface area contributed by atoms with Gasteiger partial charge in [0.1, 0.15) is 11.9 Å². The summed E-state index contributed by atoms with van der Waals surface area (Å²) < 4.78 is 10.6. The number of hydrogen-bond donors (Lipinski definition) is 1. The van der Waals surface area contributed by atoms with E-state index in [1.807, 2.05) is 36.1 Å². The van der Waals surface area contributed by atoms with Gasteiger partial charge in [-0.05, 0) is 31.0 Å². The Balaban J connectivity index is 2.02. The fraction of sp³-hybridized carbons (Fsp3) is 0.533. The molecule has 0 spiro atoms. The maximum absolute atomic E-state index is 12.0. The highest BCUT2D eigenvalue weighted by atomic mass is 16.5. The first-order chi connectivity index (χ1) is 9.76. The van der Waals surface area contributed by atoms with Crippen LogP contribution in [0.1, 0.15) is 25.1 Å². The number of nitrogens with one attached hydrogen (secondary N) is 1. The molecule has 5 nitrogen and oxygen atoms in total. The van der Waals surface area contributed by atoms with E-state index in [-0.39, 0.29) is 12.1 Å². The van der Waals surface area contributed by atoms with Gasteiger partial charge in [0.25, 0.3) is 0 Å². The summed E-state index contributed by atoms with van der Waals surface area (Å²) in [6, 6.07) is 7.82. The Bertz CT molecular complexity index is 450. The summed E-state index contributed by atoms with van der Waals surface area (Å²) in [5.41, 5.74) is 1.05. The average molecular weight is 278 g/mol. The fourth-order valence-corrected chi connectivity index (χ4v) is 2.38. The van der Waals surface area contributed by atoms with Crippen LogP contribution in [0.15, 0.2) is 24.3 Å². The third-order valence-corrected chi connectivity index (χ3v) is 3.38. The number of rotatable bonds is 7. The molecule has 1 aromatic rings. The topological polar surface area (TPSA) is 50.8 Å². The Labute approximate surface area is 119 Å². The van der Waals surface area contributed by atoms with Crippen LogP contribution in [-0.4, -0.2) is 44.2 Å². The predicted molar refractivity (Wildman–Crippen MR) is 76.6 cm³/mol. The molecular weight excluding hydrogens is 256 g/mol. The van der Waals surface area contributed by atoms with Crippen molar-refractivity contribution in [1.29, 1.82) is 0 Å². The van der Waals surface area contributed by atoms with Gasteiger partial charge in [-0.15, -0.1) is 0 Å². The summed E-state index contributed by atoms with van der Waals surface area (Å²) in [4.78, 5) is 13.8. The van der Waals surface area contributed by atoms with Gasteiger partial charge >= 0.3 is 0 Å². The van der Waals surface area contributed by atoms with Crippen molar-refractivity contribution in [1.82, 2.24) is 10.2 Å². The van der Waals surface area contributed by atoms with Crippen LogP contribution >= 0.6 is 0 Å². The summed E-state index contributed by atoms with van der Waals surface area (Å²) in [7, 11) is 1.65. The first-order valence-corrected chi connectivity index (χ1v) is 7.00. The van der Waals surface area contributed by atoms with E-state index in [0.717, 1.165) is 17.7 Å². The molecule has 1 fully saturated rings. The van der Waals surface area contributed by atoms with E-state index in [4.69, 9.17) is 9.47 Å². The highest BCUT2D eigenvalue weighted by Gasteiger charge is 2.31. The Hall–Kier alpha value is -1.59. The van der Waals surface area contributed by atoms with Gasteiger partial charge in [-0.25, -0.2) is 0 Å². The molecule has 1 aromatic carbocycles. The molecule has 0 saturated carbocycles. The second-order valence-electron chi connectivity index (χ2n) is 4.70. The number of carbonyl (C=O) groups is 1. The summed E-state index contributed by atoms with van der Waals surface area (Å²) in [6.07, 6.45) is 0.779. The smallest absolute Gasteiger partial charge is 0.238 e. The van der Waals surface area contributed by atoms with Crippen molar-refractivity contribution in [2.75, 3.05) is 33.4 Å². The minimum atomic E-state index is -0.0702. The van der Waals surface area contributed by atoms with Crippen molar-refractivity contribution >= 4 is 5.91 Å². The lowest BCUT2D eigenvalue weighted by Gasteiger charge is -2.25. The molecule has 1 unspecified atom stereocenters. The molecule has 110 valence electrons. The van der Waals surface area contributed by atoms with Gasteiger partial charge in [0.05, 0.1) is 13.7 Å². The monoisotopic (exact) mass is 278 g/mol. The fourth-order valence-electron chi connectivity index (χ4n) is 2.38. The molecule has 0 aromatic heterocycles. The molecule has 1 atom stereocenters. The molecule has 0 aliphatic carbocycles. The first kappa shape index (κ1) is 14.8.